The summed E-state index contributed by atoms with van der Waals surface area (Å²) in [5.41, 5.74) is 7.42. The summed E-state index contributed by atoms with van der Waals surface area (Å²) in [6.07, 6.45) is 0. The van der Waals surface area contributed by atoms with Crippen molar-refractivity contribution in [1.29, 1.82) is 0 Å². The highest BCUT2D eigenvalue weighted by Crippen LogP contribution is 2.34. The van der Waals surface area contributed by atoms with Gasteiger partial charge in [0.05, 0.1) is 11.2 Å². The van der Waals surface area contributed by atoms with Crippen LogP contribution < -0.4 is 10.6 Å². The summed E-state index contributed by atoms with van der Waals surface area (Å²) in [5, 5.41) is 0. The Morgan fingerprint density at radius 3 is 2.30 bits per heavy atom. The van der Waals surface area contributed by atoms with E-state index in [1.54, 1.807) is 0 Å². The van der Waals surface area contributed by atoms with Crippen molar-refractivity contribution >= 4 is 38.8 Å². The Morgan fingerprint density at radius 1 is 1.25 bits per heavy atom. The molecule has 1 aromatic carbocycles. The number of nitrogens with zero attached hydrogens (tertiary/aromatic N) is 1. The van der Waals surface area contributed by atoms with Gasteiger partial charge in [0.1, 0.15) is 4.99 Å². The molecule has 2 rings (SSSR count). The third-order valence-electron chi connectivity index (χ3n) is 3.26. The van der Waals surface area contributed by atoms with Crippen molar-refractivity contribution in [2.45, 2.75) is 38.9 Å². The zero-order valence-corrected chi connectivity index (χ0v) is 14.8. The number of hydrogen-bond acceptors (Lipinski definition) is 3. The van der Waals surface area contributed by atoms with Crippen LogP contribution in [0.4, 0.5) is 5.69 Å². The Balaban J connectivity index is 2.45. The van der Waals surface area contributed by atoms with Crippen LogP contribution in [0.5, 0.6) is 0 Å². The molecule has 1 aliphatic heterocycles. The summed E-state index contributed by atoms with van der Waals surface area (Å²) in [6, 6.07) is 6.01. The number of nitrogens with two attached hydrogens (primary N) is 1. The number of morpholine rings is 1. The van der Waals surface area contributed by atoms with E-state index in [1.165, 1.54) is 0 Å². The van der Waals surface area contributed by atoms with Gasteiger partial charge in [-0.1, -0.05) is 28.1 Å². The first-order valence-corrected chi connectivity index (χ1v) is 7.84. The SMILES string of the molecule is CC1(C)CN(c2cc(Br)ccc2C(N)=S)CC(C)(C)O1. The van der Waals surface area contributed by atoms with E-state index in [-0.39, 0.29) is 11.2 Å². The van der Waals surface area contributed by atoms with E-state index in [2.05, 4.69) is 54.6 Å². The summed E-state index contributed by atoms with van der Waals surface area (Å²) >= 11 is 8.71. The van der Waals surface area contributed by atoms with Gasteiger partial charge >= 0.3 is 0 Å². The third-order valence-corrected chi connectivity index (χ3v) is 3.97. The molecule has 0 aromatic heterocycles. The normalized spacial score (nSPS) is 20.8. The molecule has 1 fully saturated rings. The van der Waals surface area contributed by atoms with Gasteiger partial charge in [0.25, 0.3) is 0 Å². The molecule has 3 nitrogen and oxygen atoms in total. The van der Waals surface area contributed by atoms with E-state index in [9.17, 15) is 0 Å². The fourth-order valence-corrected chi connectivity index (χ4v) is 3.45. The van der Waals surface area contributed by atoms with Crippen LogP contribution >= 0.6 is 28.1 Å². The summed E-state index contributed by atoms with van der Waals surface area (Å²) in [5.74, 6) is 0. The summed E-state index contributed by atoms with van der Waals surface area (Å²) in [6.45, 7) is 10.1. The van der Waals surface area contributed by atoms with E-state index in [0.717, 1.165) is 28.8 Å². The minimum absolute atomic E-state index is 0.211. The molecule has 0 unspecified atom stereocenters. The van der Waals surface area contributed by atoms with Crippen LogP contribution in [0.25, 0.3) is 0 Å². The first kappa shape index (κ1) is 15.7. The van der Waals surface area contributed by atoms with Crippen molar-refractivity contribution in [3.05, 3.63) is 28.2 Å². The van der Waals surface area contributed by atoms with Gasteiger partial charge in [-0.25, -0.2) is 0 Å². The average Bonchev–Trinajstić information content (AvgIpc) is 2.24. The second-order valence-electron chi connectivity index (χ2n) is 6.50. The number of hydrogen-bond donors (Lipinski definition) is 1. The van der Waals surface area contributed by atoms with Crippen LogP contribution in [-0.4, -0.2) is 29.3 Å². The maximum atomic E-state index is 6.13. The van der Waals surface area contributed by atoms with Crippen molar-refractivity contribution in [2.75, 3.05) is 18.0 Å². The van der Waals surface area contributed by atoms with E-state index in [4.69, 9.17) is 22.7 Å². The highest BCUT2D eigenvalue weighted by molar-refractivity contribution is 9.10. The fourth-order valence-electron chi connectivity index (χ4n) is 2.93. The quantitative estimate of drug-likeness (QED) is 0.823. The molecule has 5 heteroatoms. The maximum absolute atomic E-state index is 6.13. The Hall–Kier alpha value is -0.650. The molecule has 0 spiro atoms. The largest absolute Gasteiger partial charge is 0.389 e. The minimum Gasteiger partial charge on any atom is -0.389 e. The van der Waals surface area contributed by atoms with Gasteiger partial charge in [0.2, 0.25) is 0 Å². The van der Waals surface area contributed by atoms with Crippen LogP contribution in [0.3, 0.4) is 0 Å². The Morgan fingerprint density at radius 2 is 1.80 bits per heavy atom. The fraction of sp³-hybridized carbons (Fsp3) is 0.533. The monoisotopic (exact) mass is 356 g/mol. The first-order chi connectivity index (χ1) is 9.10. The number of anilines is 1. The van der Waals surface area contributed by atoms with Gasteiger partial charge in [-0.2, -0.15) is 0 Å². The van der Waals surface area contributed by atoms with Gasteiger partial charge in [-0.15, -0.1) is 0 Å². The molecule has 0 radical (unpaired) electrons. The van der Waals surface area contributed by atoms with Crippen molar-refractivity contribution in [3.8, 4) is 0 Å². The number of ether oxygens (including phenoxy) is 1. The maximum Gasteiger partial charge on any atom is 0.106 e. The molecular formula is C15H21BrN2OS. The molecule has 0 saturated carbocycles. The number of thiocarbonyl (C=S) groups is 1. The van der Waals surface area contributed by atoms with Gasteiger partial charge in [0.15, 0.2) is 0 Å². The molecule has 110 valence electrons. The molecule has 2 N–H and O–H groups in total. The standard InChI is InChI=1S/C15H21BrN2OS/c1-14(2)8-18(9-15(3,4)19-14)12-7-10(16)5-6-11(12)13(17)20/h5-7H,8-9H2,1-4H3,(H2,17,20). The van der Waals surface area contributed by atoms with E-state index >= 15 is 0 Å². The van der Waals surface area contributed by atoms with Crippen LogP contribution in [0, 0.1) is 0 Å². The van der Waals surface area contributed by atoms with Crippen molar-refractivity contribution < 1.29 is 4.74 Å². The van der Waals surface area contributed by atoms with Crippen LogP contribution in [0.2, 0.25) is 0 Å². The van der Waals surface area contributed by atoms with E-state index in [1.807, 2.05) is 12.1 Å². The van der Waals surface area contributed by atoms with Gasteiger partial charge in [-0.3, -0.25) is 0 Å². The Bertz CT molecular complexity index is 527. The topological polar surface area (TPSA) is 38.5 Å². The van der Waals surface area contributed by atoms with E-state index < -0.39 is 0 Å². The predicted molar refractivity (Wildman–Crippen MR) is 91.5 cm³/mol. The van der Waals surface area contributed by atoms with Crippen molar-refractivity contribution in [2.24, 2.45) is 5.73 Å². The highest BCUT2D eigenvalue weighted by Gasteiger charge is 2.38. The molecule has 0 aliphatic carbocycles. The molecule has 1 saturated heterocycles. The predicted octanol–water partition coefficient (Wildman–Crippen LogP) is 3.48. The lowest BCUT2D eigenvalue weighted by Crippen LogP contribution is -2.57. The lowest BCUT2D eigenvalue weighted by molar-refractivity contribution is -0.133. The molecule has 1 aromatic rings. The average molecular weight is 357 g/mol. The summed E-state index contributed by atoms with van der Waals surface area (Å²) in [4.78, 5) is 2.73. The van der Waals surface area contributed by atoms with Crippen molar-refractivity contribution in [3.63, 3.8) is 0 Å². The third kappa shape index (κ3) is 3.51. The highest BCUT2D eigenvalue weighted by atomic mass is 79.9. The lowest BCUT2D eigenvalue weighted by Gasteiger charge is -2.48. The second-order valence-corrected chi connectivity index (χ2v) is 7.86. The molecule has 1 aliphatic rings. The minimum atomic E-state index is -0.211. The number of benzene rings is 1. The van der Waals surface area contributed by atoms with Crippen LogP contribution in [0.1, 0.15) is 33.3 Å². The number of halogens is 1. The van der Waals surface area contributed by atoms with Crippen LogP contribution in [-0.2, 0) is 4.74 Å². The molecule has 1 heterocycles. The van der Waals surface area contributed by atoms with Crippen LogP contribution in [0.15, 0.2) is 22.7 Å². The zero-order chi connectivity index (χ0) is 15.1. The molecule has 0 amide bonds. The Kier molecular flexibility index (Phi) is 4.15. The van der Waals surface area contributed by atoms with E-state index in [0.29, 0.717) is 4.99 Å². The zero-order valence-electron chi connectivity index (χ0n) is 12.4. The second kappa shape index (κ2) is 5.28. The summed E-state index contributed by atoms with van der Waals surface area (Å²) < 4.78 is 7.15. The van der Waals surface area contributed by atoms with Gasteiger partial charge < -0.3 is 15.4 Å². The molecule has 20 heavy (non-hydrogen) atoms. The van der Waals surface area contributed by atoms with Gasteiger partial charge in [0, 0.05) is 28.8 Å². The first-order valence-electron chi connectivity index (χ1n) is 6.64. The number of rotatable bonds is 2. The molecular weight excluding hydrogens is 336 g/mol. The molecule has 0 atom stereocenters. The van der Waals surface area contributed by atoms with Gasteiger partial charge in [-0.05, 0) is 45.9 Å². The van der Waals surface area contributed by atoms with Crippen molar-refractivity contribution in [1.82, 2.24) is 0 Å². The lowest BCUT2D eigenvalue weighted by atomic mass is 9.97. The summed E-state index contributed by atoms with van der Waals surface area (Å²) in [7, 11) is 0. The molecule has 0 bridgehead atoms. The smallest absolute Gasteiger partial charge is 0.106 e. The Labute approximate surface area is 134 Å².